The molecule has 9 heteroatoms. The van der Waals surface area contributed by atoms with E-state index >= 15 is 0 Å². The highest BCUT2D eigenvalue weighted by Crippen LogP contribution is 2.25. The smallest absolute Gasteiger partial charge is 0.325 e. The van der Waals surface area contributed by atoms with Crippen LogP contribution in [0.4, 0.5) is 0 Å². The predicted octanol–water partition coefficient (Wildman–Crippen LogP) is 3.00. The Labute approximate surface area is 199 Å². The van der Waals surface area contributed by atoms with Gasteiger partial charge in [0, 0.05) is 31.2 Å². The second kappa shape index (κ2) is 13.2. The fraction of sp³-hybridized carbons (Fsp3) is 0.875. The van der Waals surface area contributed by atoms with Crippen LogP contribution < -0.4 is 24.8 Å². The normalized spacial score (nSPS) is 27.7. The van der Waals surface area contributed by atoms with Gasteiger partial charge in [-0.3, -0.25) is 10.2 Å². The van der Waals surface area contributed by atoms with Crippen molar-refractivity contribution in [3.63, 3.8) is 0 Å². The molecule has 0 saturated carbocycles. The van der Waals surface area contributed by atoms with Crippen LogP contribution in [0.1, 0.15) is 73.1 Å². The fourth-order valence-corrected chi connectivity index (χ4v) is 4.81. The molecule has 188 valence electrons. The summed E-state index contributed by atoms with van der Waals surface area (Å²) in [7, 11) is 0. The second-order valence-electron chi connectivity index (χ2n) is 9.67. The molecule has 5 unspecified atom stereocenters. The number of aromatic nitrogens is 3. The third-order valence-corrected chi connectivity index (χ3v) is 6.57. The Morgan fingerprint density at radius 2 is 1.42 bits per heavy atom. The van der Waals surface area contributed by atoms with Gasteiger partial charge in [-0.2, -0.15) is 0 Å². The Morgan fingerprint density at radius 1 is 0.818 bits per heavy atom. The lowest BCUT2D eigenvalue weighted by atomic mass is 9.95. The molecule has 2 aliphatic rings. The molecule has 1 aromatic heterocycles. The molecule has 0 amide bonds. The van der Waals surface area contributed by atoms with Crippen molar-refractivity contribution >= 4 is 0 Å². The fourth-order valence-electron chi connectivity index (χ4n) is 4.81. The maximum Gasteiger partial charge on any atom is 0.325 e. The van der Waals surface area contributed by atoms with E-state index in [1.165, 1.54) is 6.42 Å². The zero-order chi connectivity index (χ0) is 23.6. The van der Waals surface area contributed by atoms with Crippen molar-refractivity contribution in [3.8, 4) is 18.0 Å². The van der Waals surface area contributed by atoms with Crippen molar-refractivity contribution in [2.75, 3.05) is 32.9 Å². The molecule has 33 heavy (non-hydrogen) atoms. The van der Waals surface area contributed by atoms with E-state index in [0.717, 1.165) is 45.2 Å². The van der Waals surface area contributed by atoms with E-state index in [1.807, 2.05) is 0 Å². The van der Waals surface area contributed by atoms with Crippen molar-refractivity contribution in [2.24, 2.45) is 5.92 Å². The third kappa shape index (κ3) is 8.54. The number of ether oxygens (including phenoxy) is 3. The van der Waals surface area contributed by atoms with Crippen molar-refractivity contribution in [3.05, 3.63) is 0 Å². The summed E-state index contributed by atoms with van der Waals surface area (Å²) in [6.45, 7) is 14.8. The SMILES string of the molecule is CCCCOc1nc(OCCCC2CC(C)NC2C)nc(OCCCN2CC(C)NC2C)n1. The lowest BCUT2D eigenvalue weighted by Crippen LogP contribution is -2.34. The van der Waals surface area contributed by atoms with E-state index in [-0.39, 0.29) is 18.0 Å². The molecule has 0 radical (unpaired) electrons. The minimum absolute atomic E-state index is 0.273. The zero-order valence-electron chi connectivity index (χ0n) is 21.2. The van der Waals surface area contributed by atoms with E-state index < -0.39 is 0 Å². The van der Waals surface area contributed by atoms with Crippen LogP contribution in [-0.2, 0) is 0 Å². The average Bonchev–Trinajstić information content (AvgIpc) is 3.27. The molecule has 0 spiro atoms. The molecule has 3 heterocycles. The molecular weight excluding hydrogens is 420 g/mol. The number of rotatable bonds is 14. The molecule has 0 aliphatic carbocycles. The van der Waals surface area contributed by atoms with Crippen LogP contribution >= 0.6 is 0 Å². The molecular formula is C24H44N6O3. The van der Waals surface area contributed by atoms with Gasteiger partial charge in [0.15, 0.2) is 0 Å². The molecule has 2 aliphatic heterocycles. The molecule has 9 nitrogen and oxygen atoms in total. The van der Waals surface area contributed by atoms with Crippen LogP contribution in [0, 0.1) is 5.92 Å². The molecule has 0 aromatic carbocycles. The molecule has 2 saturated heterocycles. The minimum Gasteiger partial charge on any atom is -0.463 e. The first-order chi connectivity index (χ1) is 15.9. The lowest BCUT2D eigenvalue weighted by molar-refractivity contribution is 0.205. The molecule has 0 bridgehead atoms. The van der Waals surface area contributed by atoms with Gasteiger partial charge < -0.3 is 19.5 Å². The highest BCUT2D eigenvalue weighted by molar-refractivity contribution is 5.09. The lowest BCUT2D eigenvalue weighted by Gasteiger charge is -2.19. The van der Waals surface area contributed by atoms with Gasteiger partial charge in [-0.25, -0.2) is 0 Å². The summed E-state index contributed by atoms with van der Waals surface area (Å²) >= 11 is 0. The van der Waals surface area contributed by atoms with Crippen LogP contribution in [0.25, 0.3) is 0 Å². The van der Waals surface area contributed by atoms with Crippen molar-refractivity contribution in [1.29, 1.82) is 0 Å². The molecule has 5 atom stereocenters. The summed E-state index contributed by atoms with van der Waals surface area (Å²) in [5.74, 6) is 0.699. The molecule has 2 N–H and O–H groups in total. The number of nitrogens with zero attached hydrogens (tertiary/aromatic N) is 4. The largest absolute Gasteiger partial charge is 0.463 e. The highest BCUT2D eigenvalue weighted by atomic mass is 16.5. The Morgan fingerprint density at radius 3 is 1.94 bits per heavy atom. The third-order valence-electron chi connectivity index (χ3n) is 6.57. The van der Waals surface area contributed by atoms with Gasteiger partial charge in [-0.15, -0.1) is 15.0 Å². The number of hydrogen-bond acceptors (Lipinski definition) is 9. The number of unbranched alkanes of at least 4 members (excludes halogenated alkanes) is 1. The predicted molar refractivity (Wildman–Crippen MR) is 129 cm³/mol. The van der Waals surface area contributed by atoms with E-state index in [2.05, 4.69) is 65.1 Å². The van der Waals surface area contributed by atoms with Gasteiger partial charge in [-0.1, -0.05) is 13.3 Å². The van der Waals surface area contributed by atoms with E-state index in [9.17, 15) is 0 Å². The summed E-state index contributed by atoms with van der Waals surface area (Å²) in [5, 5.41) is 7.12. The first kappa shape index (κ1) is 25.9. The van der Waals surface area contributed by atoms with Gasteiger partial charge in [0.2, 0.25) is 0 Å². The van der Waals surface area contributed by atoms with Gasteiger partial charge in [0.1, 0.15) is 0 Å². The van der Waals surface area contributed by atoms with Gasteiger partial charge >= 0.3 is 18.0 Å². The first-order valence-corrected chi connectivity index (χ1v) is 12.8. The van der Waals surface area contributed by atoms with E-state index in [4.69, 9.17) is 14.2 Å². The van der Waals surface area contributed by atoms with E-state index in [0.29, 0.717) is 50.0 Å². The van der Waals surface area contributed by atoms with Crippen LogP contribution in [0.2, 0.25) is 0 Å². The van der Waals surface area contributed by atoms with Crippen LogP contribution in [0.3, 0.4) is 0 Å². The van der Waals surface area contributed by atoms with Crippen molar-refractivity contribution in [2.45, 2.75) is 97.4 Å². The van der Waals surface area contributed by atoms with Crippen LogP contribution in [-0.4, -0.2) is 77.1 Å². The standard InChI is InChI=1S/C24H44N6O3/c1-6-7-12-31-22-27-23(32-13-8-10-21-15-17(2)25-19(21)4)29-24(28-22)33-14-9-11-30-16-18(3)26-20(30)5/h17-21,25-26H,6-16H2,1-5H3. The Balaban J connectivity index is 1.46. The summed E-state index contributed by atoms with van der Waals surface area (Å²) in [5.41, 5.74) is 0. The zero-order valence-corrected chi connectivity index (χ0v) is 21.2. The minimum atomic E-state index is 0.273. The summed E-state index contributed by atoms with van der Waals surface area (Å²) in [6, 6.07) is 2.53. The maximum absolute atomic E-state index is 5.87. The number of nitrogens with one attached hydrogen (secondary N) is 2. The Bertz CT molecular complexity index is 659. The average molecular weight is 465 g/mol. The molecule has 3 rings (SSSR count). The van der Waals surface area contributed by atoms with Crippen LogP contribution in [0.15, 0.2) is 0 Å². The summed E-state index contributed by atoms with van der Waals surface area (Å²) in [6.07, 6.45) is 6.64. The summed E-state index contributed by atoms with van der Waals surface area (Å²) < 4.78 is 17.4. The van der Waals surface area contributed by atoms with E-state index in [1.54, 1.807) is 0 Å². The highest BCUT2D eigenvalue weighted by Gasteiger charge is 2.27. The Kier molecular flexibility index (Phi) is 10.4. The van der Waals surface area contributed by atoms with Gasteiger partial charge in [-0.05, 0) is 65.7 Å². The monoisotopic (exact) mass is 464 g/mol. The van der Waals surface area contributed by atoms with Gasteiger partial charge in [0.05, 0.1) is 26.0 Å². The second-order valence-corrected chi connectivity index (χ2v) is 9.67. The Hall–Kier alpha value is -1.71. The van der Waals surface area contributed by atoms with Crippen molar-refractivity contribution in [1.82, 2.24) is 30.5 Å². The topological polar surface area (TPSA) is 93.7 Å². The van der Waals surface area contributed by atoms with Crippen LogP contribution in [0.5, 0.6) is 18.0 Å². The molecule has 1 aromatic rings. The number of hydrogen-bond donors (Lipinski definition) is 2. The first-order valence-electron chi connectivity index (χ1n) is 12.8. The van der Waals surface area contributed by atoms with Crippen molar-refractivity contribution < 1.29 is 14.2 Å². The quantitative estimate of drug-likeness (QED) is 0.403. The summed E-state index contributed by atoms with van der Waals surface area (Å²) in [4.78, 5) is 15.5. The maximum atomic E-state index is 5.87. The molecule has 2 fully saturated rings. The van der Waals surface area contributed by atoms with Gasteiger partial charge in [0.25, 0.3) is 0 Å².